The summed E-state index contributed by atoms with van der Waals surface area (Å²) in [6.45, 7) is 2.71. The van der Waals surface area contributed by atoms with Gasteiger partial charge >= 0.3 is 5.97 Å². The van der Waals surface area contributed by atoms with E-state index in [1.165, 1.54) is 12.1 Å². The summed E-state index contributed by atoms with van der Waals surface area (Å²) in [5.41, 5.74) is 0.783. The lowest BCUT2D eigenvalue weighted by molar-refractivity contribution is -0.384. The van der Waals surface area contributed by atoms with Crippen molar-refractivity contribution in [2.45, 2.75) is 25.8 Å². The highest BCUT2D eigenvalue weighted by Crippen LogP contribution is 2.33. The topological polar surface area (TPSA) is 83.7 Å². The SMILES string of the molecule is CC1CCN(c2ccc([N+](=O)[O-])cc2I)C(C(=O)O)C1. The van der Waals surface area contributed by atoms with Crippen LogP contribution in [0.4, 0.5) is 11.4 Å². The van der Waals surface area contributed by atoms with Crippen molar-refractivity contribution in [3.63, 3.8) is 0 Å². The van der Waals surface area contributed by atoms with Gasteiger partial charge < -0.3 is 10.0 Å². The summed E-state index contributed by atoms with van der Waals surface area (Å²) < 4.78 is 0.706. The van der Waals surface area contributed by atoms with E-state index in [9.17, 15) is 20.0 Å². The van der Waals surface area contributed by atoms with Gasteiger partial charge in [0.2, 0.25) is 0 Å². The number of hydrogen-bond donors (Lipinski definition) is 1. The molecule has 1 fully saturated rings. The molecule has 1 saturated heterocycles. The number of nitrogens with zero attached hydrogens (tertiary/aromatic N) is 2. The number of nitro benzene ring substituents is 1. The molecule has 1 aliphatic heterocycles. The third kappa shape index (κ3) is 3.02. The normalized spacial score (nSPS) is 22.6. The predicted molar refractivity (Wildman–Crippen MR) is 83.0 cm³/mol. The average molecular weight is 390 g/mol. The standard InChI is InChI=1S/C13H15IN2O4/c1-8-4-5-15(12(6-8)13(17)18)11-3-2-9(16(19)20)7-10(11)14/h2-3,7-8,12H,4-6H2,1H3,(H,17,18). The lowest BCUT2D eigenvalue weighted by Crippen LogP contribution is -2.47. The zero-order chi connectivity index (χ0) is 14.9. The Kier molecular flexibility index (Phi) is 4.46. The van der Waals surface area contributed by atoms with Gasteiger partial charge in [-0.05, 0) is 47.4 Å². The maximum Gasteiger partial charge on any atom is 0.326 e. The van der Waals surface area contributed by atoms with Crippen LogP contribution in [-0.4, -0.2) is 28.6 Å². The minimum absolute atomic E-state index is 0.0235. The number of aliphatic carboxylic acids is 1. The smallest absolute Gasteiger partial charge is 0.326 e. The Morgan fingerprint density at radius 1 is 1.55 bits per heavy atom. The Balaban J connectivity index is 2.34. The maximum atomic E-state index is 11.4. The molecule has 20 heavy (non-hydrogen) atoms. The average Bonchev–Trinajstić information content (AvgIpc) is 2.38. The molecule has 1 heterocycles. The van der Waals surface area contributed by atoms with E-state index in [1.54, 1.807) is 6.07 Å². The molecule has 0 aromatic heterocycles. The monoisotopic (exact) mass is 390 g/mol. The Hall–Kier alpha value is -1.38. The van der Waals surface area contributed by atoms with Crippen LogP contribution in [0.1, 0.15) is 19.8 Å². The van der Waals surface area contributed by atoms with Crippen molar-refractivity contribution in [2.75, 3.05) is 11.4 Å². The number of halogens is 1. The third-order valence-electron chi connectivity index (χ3n) is 3.60. The van der Waals surface area contributed by atoms with Gasteiger partial charge in [0.25, 0.3) is 5.69 Å². The summed E-state index contributed by atoms with van der Waals surface area (Å²) >= 11 is 2.02. The molecule has 0 spiro atoms. The second kappa shape index (κ2) is 5.94. The van der Waals surface area contributed by atoms with Crippen molar-refractivity contribution < 1.29 is 14.8 Å². The Labute approximate surface area is 130 Å². The molecule has 0 bridgehead atoms. The van der Waals surface area contributed by atoms with Crippen molar-refractivity contribution in [1.29, 1.82) is 0 Å². The van der Waals surface area contributed by atoms with Crippen molar-refractivity contribution in [2.24, 2.45) is 5.92 Å². The summed E-state index contributed by atoms with van der Waals surface area (Å²) in [6.07, 6.45) is 1.53. The van der Waals surface area contributed by atoms with Gasteiger partial charge in [-0.15, -0.1) is 0 Å². The highest BCUT2D eigenvalue weighted by Gasteiger charge is 2.33. The molecule has 108 valence electrons. The highest BCUT2D eigenvalue weighted by atomic mass is 127. The Morgan fingerprint density at radius 3 is 2.80 bits per heavy atom. The molecule has 6 nitrogen and oxygen atoms in total. The first-order valence-corrected chi connectivity index (χ1v) is 7.41. The largest absolute Gasteiger partial charge is 0.480 e. The van der Waals surface area contributed by atoms with Crippen LogP contribution in [0.2, 0.25) is 0 Å². The van der Waals surface area contributed by atoms with Gasteiger partial charge in [-0.3, -0.25) is 10.1 Å². The van der Waals surface area contributed by atoms with E-state index >= 15 is 0 Å². The van der Waals surface area contributed by atoms with E-state index in [0.717, 1.165) is 12.1 Å². The third-order valence-corrected chi connectivity index (χ3v) is 4.47. The van der Waals surface area contributed by atoms with E-state index in [-0.39, 0.29) is 5.69 Å². The molecule has 1 aliphatic rings. The number of carboxylic acids is 1. The van der Waals surface area contributed by atoms with E-state index in [0.29, 0.717) is 22.5 Å². The van der Waals surface area contributed by atoms with E-state index in [4.69, 9.17) is 0 Å². The van der Waals surface area contributed by atoms with Crippen LogP contribution in [0.15, 0.2) is 18.2 Å². The molecule has 2 atom stereocenters. The number of anilines is 1. The van der Waals surface area contributed by atoms with E-state index < -0.39 is 16.9 Å². The van der Waals surface area contributed by atoms with Gasteiger partial charge in [-0.2, -0.15) is 0 Å². The summed E-state index contributed by atoms with van der Waals surface area (Å²) in [7, 11) is 0. The molecule has 1 N–H and O–H groups in total. The fourth-order valence-corrected chi connectivity index (χ4v) is 3.31. The van der Waals surface area contributed by atoms with E-state index in [2.05, 4.69) is 0 Å². The maximum absolute atomic E-state index is 11.4. The number of carbonyl (C=O) groups is 1. The van der Waals surface area contributed by atoms with Crippen molar-refractivity contribution in [3.05, 3.63) is 31.9 Å². The van der Waals surface area contributed by atoms with Crippen LogP contribution >= 0.6 is 22.6 Å². The molecule has 0 radical (unpaired) electrons. The quantitative estimate of drug-likeness (QED) is 0.488. The lowest BCUT2D eigenvalue weighted by atomic mass is 9.92. The summed E-state index contributed by atoms with van der Waals surface area (Å²) in [4.78, 5) is 23.6. The Morgan fingerprint density at radius 2 is 2.25 bits per heavy atom. The van der Waals surface area contributed by atoms with Crippen LogP contribution in [-0.2, 0) is 4.79 Å². The van der Waals surface area contributed by atoms with Gasteiger partial charge in [0.05, 0.1) is 10.6 Å². The van der Waals surface area contributed by atoms with Crippen molar-refractivity contribution in [3.8, 4) is 0 Å². The van der Waals surface area contributed by atoms with Crippen LogP contribution in [0.5, 0.6) is 0 Å². The van der Waals surface area contributed by atoms with Gasteiger partial charge in [0, 0.05) is 22.2 Å². The minimum Gasteiger partial charge on any atom is -0.480 e. The number of non-ortho nitro benzene ring substituents is 1. The van der Waals surface area contributed by atoms with Crippen LogP contribution in [0.25, 0.3) is 0 Å². The molecule has 0 saturated carbocycles. The number of rotatable bonds is 3. The number of piperidine rings is 1. The summed E-state index contributed by atoms with van der Waals surface area (Å²) in [5.74, 6) is -0.464. The highest BCUT2D eigenvalue weighted by molar-refractivity contribution is 14.1. The second-order valence-corrected chi connectivity index (χ2v) is 6.23. The molecule has 0 aliphatic carbocycles. The second-order valence-electron chi connectivity index (χ2n) is 5.07. The first kappa shape index (κ1) is 15.0. The fourth-order valence-electron chi connectivity index (χ4n) is 2.51. The van der Waals surface area contributed by atoms with Gasteiger partial charge in [-0.25, -0.2) is 4.79 Å². The molecular formula is C13H15IN2O4. The van der Waals surface area contributed by atoms with Crippen molar-refractivity contribution >= 4 is 39.9 Å². The molecular weight excluding hydrogens is 375 g/mol. The van der Waals surface area contributed by atoms with E-state index in [1.807, 2.05) is 34.4 Å². The van der Waals surface area contributed by atoms with Crippen LogP contribution in [0, 0.1) is 19.6 Å². The molecule has 0 amide bonds. The number of hydrogen-bond acceptors (Lipinski definition) is 4. The Bertz CT molecular complexity index is 549. The lowest BCUT2D eigenvalue weighted by Gasteiger charge is -2.38. The number of carboxylic acid groups (broad SMARTS) is 1. The first-order chi connectivity index (χ1) is 9.40. The van der Waals surface area contributed by atoms with Gasteiger partial charge in [-0.1, -0.05) is 6.92 Å². The minimum atomic E-state index is -0.842. The van der Waals surface area contributed by atoms with Crippen LogP contribution in [0.3, 0.4) is 0 Å². The molecule has 7 heteroatoms. The molecule has 2 rings (SSSR count). The fraction of sp³-hybridized carbons (Fsp3) is 0.462. The number of benzene rings is 1. The molecule has 1 aromatic rings. The van der Waals surface area contributed by atoms with Gasteiger partial charge in [0.1, 0.15) is 6.04 Å². The summed E-state index contributed by atoms with van der Waals surface area (Å²) in [6, 6.07) is 3.99. The number of nitro groups is 1. The zero-order valence-electron chi connectivity index (χ0n) is 11.0. The van der Waals surface area contributed by atoms with Crippen molar-refractivity contribution in [1.82, 2.24) is 0 Å². The van der Waals surface area contributed by atoms with Gasteiger partial charge in [0.15, 0.2) is 0 Å². The van der Waals surface area contributed by atoms with Crippen LogP contribution < -0.4 is 4.90 Å². The first-order valence-electron chi connectivity index (χ1n) is 6.33. The molecule has 2 unspecified atom stereocenters. The zero-order valence-corrected chi connectivity index (χ0v) is 13.1. The predicted octanol–water partition coefficient (Wildman–Crippen LogP) is 2.89. The molecule has 1 aromatic carbocycles. The summed E-state index contributed by atoms with van der Waals surface area (Å²) in [5, 5.41) is 20.1.